The third-order valence-corrected chi connectivity index (χ3v) is 8.41. The van der Waals surface area contributed by atoms with Gasteiger partial charge in [0.2, 0.25) is 11.8 Å². The van der Waals surface area contributed by atoms with E-state index in [2.05, 4.69) is 9.88 Å². The molecule has 0 atom stereocenters. The molecule has 2 fully saturated rings. The zero-order valence-electron chi connectivity index (χ0n) is 19.2. The minimum absolute atomic E-state index is 0.0128. The first-order valence-electron chi connectivity index (χ1n) is 12.4. The highest BCUT2D eigenvalue weighted by Gasteiger charge is 2.26. The highest BCUT2D eigenvalue weighted by Crippen LogP contribution is 2.33. The van der Waals surface area contributed by atoms with Gasteiger partial charge in [0, 0.05) is 44.0 Å². The number of likely N-dealkylation sites (tertiary alicyclic amines) is 1. The number of carbonyl (C=O) groups is 2. The van der Waals surface area contributed by atoms with Crippen molar-refractivity contribution in [3.8, 4) is 0 Å². The summed E-state index contributed by atoms with van der Waals surface area (Å²) in [6.07, 6.45) is 9.10. The molecule has 0 unspecified atom stereocenters. The predicted octanol–water partition coefficient (Wildman–Crippen LogP) is 2.30. The number of carbonyl (C=O) groups excluding carboxylic acids is 2. The van der Waals surface area contributed by atoms with Gasteiger partial charge in [-0.1, -0.05) is 12.8 Å². The Labute approximate surface area is 198 Å². The van der Waals surface area contributed by atoms with Crippen LogP contribution < -0.4 is 5.56 Å². The molecule has 33 heavy (non-hydrogen) atoms. The number of hydrogen-bond acceptors (Lipinski definition) is 6. The van der Waals surface area contributed by atoms with Crippen molar-refractivity contribution < 1.29 is 9.59 Å². The summed E-state index contributed by atoms with van der Waals surface area (Å²) in [5.74, 6) is 0.861. The molecule has 1 N–H and O–H groups in total. The topological polar surface area (TPSA) is 89.6 Å². The molecule has 3 aliphatic rings. The second-order valence-corrected chi connectivity index (χ2v) is 10.6. The van der Waals surface area contributed by atoms with Crippen LogP contribution in [0.15, 0.2) is 4.79 Å². The Hall–Kier alpha value is -2.26. The molecule has 2 saturated heterocycles. The van der Waals surface area contributed by atoms with Crippen LogP contribution in [0.4, 0.5) is 0 Å². The number of aromatic nitrogens is 2. The summed E-state index contributed by atoms with van der Waals surface area (Å²) in [4.78, 5) is 53.8. The summed E-state index contributed by atoms with van der Waals surface area (Å²) >= 11 is 1.68. The van der Waals surface area contributed by atoms with Crippen LogP contribution in [-0.4, -0.2) is 75.8 Å². The molecular formula is C24H33N5O3S. The van der Waals surface area contributed by atoms with Crippen LogP contribution >= 0.6 is 11.3 Å². The molecule has 2 amide bonds. The van der Waals surface area contributed by atoms with Gasteiger partial charge in [-0.3, -0.25) is 19.3 Å². The predicted molar refractivity (Wildman–Crippen MR) is 128 cm³/mol. The number of piperazine rings is 1. The van der Waals surface area contributed by atoms with E-state index in [0.717, 1.165) is 68.3 Å². The maximum absolute atomic E-state index is 12.8. The van der Waals surface area contributed by atoms with Crippen molar-refractivity contribution in [3.63, 3.8) is 0 Å². The zero-order valence-corrected chi connectivity index (χ0v) is 20.1. The second-order valence-electron chi connectivity index (χ2n) is 9.54. The third kappa shape index (κ3) is 4.99. The number of hydrogen-bond donors (Lipinski definition) is 1. The van der Waals surface area contributed by atoms with E-state index in [1.165, 1.54) is 16.9 Å². The fourth-order valence-electron chi connectivity index (χ4n) is 5.30. The van der Waals surface area contributed by atoms with E-state index >= 15 is 0 Å². The number of rotatable bonds is 4. The van der Waals surface area contributed by atoms with Gasteiger partial charge in [-0.2, -0.15) is 0 Å². The van der Waals surface area contributed by atoms with E-state index in [9.17, 15) is 14.4 Å². The lowest BCUT2D eigenvalue weighted by molar-refractivity contribution is -0.142. The lowest BCUT2D eigenvalue weighted by atomic mass is 9.97. The molecule has 2 aromatic rings. The minimum Gasteiger partial charge on any atom is -0.339 e. The smallest absolute Gasteiger partial charge is 0.259 e. The van der Waals surface area contributed by atoms with Crippen molar-refractivity contribution in [2.75, 3.05) is 39.3 Å². The fourth-order valence-corrected chi connectivity index (χ4v) is 6.58. The first-order chi connectivity index (χ1) is 16.1. The number of aromatic amines is 1. The summed E-state index contributed by atoms with van der Waals surface area (Å²) < 4.78 is 0. The normalized spacial score (nSPS) is 20.5. The van der Waals surface area contributed by atoms with Crippen LogP contribution in [0.5, 0.6) is 0 Å². The monoisotopic (exact) mass is 471 g/mol. The summed E-state index contributed by atoms with van der Waals surface area (Å²) in [7, 11) is 0. The van der Waals surface area contributed by atoms with Gasteiger partial charge in [0.05, 0.1) is 18.5 Å². The fraction of sp³-hybridized carbons (Fsp3) is 0.667. The van der Waals surface area contributed by atoms with E-state index < -0.39 is 0 Å². The number of fused-ring (bicyclic) bond motifs is 3. The Kier molecular flexibility index (Phi) is 6.78. The van der Waals surface area contributed by atoms with Gasteiger partial charge in [0.25, 0.3) is 5.56 Å². The van der Waals surface area contributed by atoms with E-state index in [-0.39, 0.29) is 23.9 Å². The number of nitrogens with one attached hydrogen (secondary N) is 1. The lowest BCUT2D eigenvalue weighted by Crippen LogP contribution is -2.51. The van der Waals surface area contributed by atoms with Crippen molar-refractivity contribution >= 4 is 33.4 Å². The van der Waals surface area contributed by atoms with Gasteiger partial charge in [0.15, 0.2) is 0 Å². The van der Waals surface area contributed by atoms with Gasteiger partial charge in [-0.15, -0.1) is 11.3 Å². The molecule has 5 rings (SSSR count). The van der Waals surface area contributed by atoms with Crippen molar-refractivity contribution in [2.45, 2.75) is 64.3 Å². The van der Waals surface area contributed by atoms with Crippen LogP contribution in [-0.2, 0) is 29.0 Å². The molecule has 0 radical (unpaired) electrons. The van der Waals surface area contributed by atoms with Gasteiger partial charge in [-0.25, -0.2) is 4.98 Å². The molecular weight excluding hydrogens is 438 g/mol. The van der Waals surface area contributed by atoms with Crippen molar-refractivity contribution in [3.05, 3.63) is 26.6 Å². The third-order valence-electron chi connectivity index (χ3n) is 7.22. The maximum atomic E-state index is 12.8. The van der Waals surface area contributed by atoms with Crippen LogP contribution in [0, 0.1) is 0 Å². The Morgan fingerprint density at radius 3 is 2.52 bits per heavy atom. The Bertz CT molecular complexity index is 1090. The number of nitrogens with zero attached hydrogens (tertiary/aromatic N) is 4. The number of thiophene rings is 1. The minimum atomic E-state index is -0.0128. The second kappa shape index (κ2) is 9.93. The van der Waals surface area contributed by atoms with E-state index in [1.54, 1.807) is 16.2 Å². The first kappa shape index (κ1) is 22.5. The van der Waals surface area contributed by atoms with Gasteiger partial charge in [-0.05, 0) is 44.1 Å². The highest BCUT2D eigenvalue weighted by molar-refractivity contribution is 7.18. The molecule has 1 aliphatic carbocycles. The standard InChI is InChI=1S/C24H33N5O3S/c30-20-9-3-1-2-6-10-29(20)16-21(31)28-13-11-27(12-14-28)15-19-25-23(32)22-17-7-4-5-8-18(17)33-24(22)26-19/h1-16H2,(H,25,26,32). The van der Waals surface area contributed by atoms with Gasteiger partial charge < -0.3 is 14.8 Å². The average molecular weight is 472 g/mol. The van der Waals surface area contributed by atoms with Crippen LogP contribution in [0.1, 0.15) is 61.2 Å². The quantitative estimate of drug-likeness (QED) is 0.739. The Morgan fingerprint density at radius 2 is 1.67 bits per heavy atom. The average Bonchev–Trinajstić information content (AvgIpc) is 3.18. The first-order valence-corrected chi connectivity index (χ1v) is 13.2. The zero-order chi connectivity index (χ0) is 22.8. The van der Waals surface area contributed by atoms with E-state index in [4.69, 9.17) is 4.98 Å². The molecule has 0 saturated carbocycles. The molecule has 9 heteroatoms. The molecule has 4 heterocycles. The Morgan fingerprint density at radius 1 is 0.909 bits per heavy atom. The summed E-state index contributed by atoms with van der Waals surface area (Å²) in [5.41, 5.74) is 1.20. The maximum Gasteiger partial charge on any atom is 0.259 e. The number of H-pyrrole nitrogens is 1. The van der Waals surface area contributed by atoms with E-state index in [1.807, 2.05) is 4.90 Å². The van der Waals surface area contributed by atoms with Crippen LogP contribution in [0.25, 0.3) is 10.2 Å². The van der Waals surface area contributed by atoms with Crippen molar-refractivity contribution in [1.29, 1.82) is 0 Å². The van der Waals surface area contributed by atoms with E-state index in [0.29, 0.717) is 38.4 Å². The van der Waals surface area contributed by atoms with Crippen molar-refractivity contribution in [2.24, 2.45) is 0 Å². The largest absolute Gasteiger partial charge is 0.339 e. The lowest BCUT2D eigenvalue weighted by Gasteiger charge is -2.35. The Balaban J connectivity index is 1.17. The van der Waals surface area contributed by atoms with Gasteiger partial charge >= 0.3 is 0 Å². The van der Waals surface area contributed by atoms with Crippen LogP contribution in [0.3, 0.4) is 0 Å². The van der Waals surface area contributed by atoms with Crippen molar-refractivity contribution in [1.82, 2.24) is 24.7 Å². The highest BCUT2D eigenvalue weighted by atomic mass is 32.1. The number of amides is 2. The van der Waals surface area contributed by atoms with Gasteiger partial charge in [0.1, 0.15) is 10.7 Å². The summed E-state index contributed by atoms with van der Waals surface area (Å²) in [5, 5.41) is 0.799. The molecule has 8 nitrogen and oxygen atoms in total. The molecule has 0 bridgehead atoms. The van der Waals surface area contributed by atoms with Crippen LogP contribution in [0.2, 0.25) is 0 Å². The summed E-state index contributed by atoms with van der Waals surface area (Å²) in [6, 6.07) is 0. The molecule has 0 aromatic carbocycles. The SMILES string of the molecule is O=C(CN1CCCCCCC1=O)N1CCN(Cc2nc3sc4c(c3c(=O)[nH]2)CCCC4)CC1. The molecule has 2 aliphatic heterocycles. The number of aryl methyl sites for hydroxylation is 2. The molecule has 2 aromatic heterocycles. The molecule has 0 spiro atoms. The summed E-state index contributed by atoms with van der Waals surface area (Å²) in [6.45, 7) is 4.23. The molecule has 178 valence electrons.